The standard InChI is InChI=1S/C24H30N6O6/c1-24(2,3)35-23(32)30(4)15-12-17(26-14-8-7-11-25-22(14)34-6)28-19-18(15)29-36-20(19)21(31)27-13-9-10-16(13)33-5/h7-8,11-13,16H,9-10H2,1-6H3,(H,26,28)(H,27,31)/t13-,16-/m1/s1. The fourth-order valence-electron chi connectivity index (χ4n) is 3.74. The van der Waals surface area contributed by atoms with Gasteiger partial charge in [0.2, 0.25) is 11.6 Å². The van der Waals surface area contributed by atoms with Crippen LogP contribution in [0.15, 0.2) is 28.9 Å². The normalized spacial score (nSPS) is 17.3. The Hall–Kier alpha value is -3.93. The first-order valence-electron chi connectivity index (χ1n) is 11.5. The molecule has 0 saturated heterocycles. The molecule has 1 aliphatic rings. The van der Waals surface area contributed by atoms with Gasteiger partial charge in [0.25, 0.3) is 5.91 Å². The quantitative estimate of drug-likeness (QED) is 0.496. The molecule has 192 valence electrons. The summed E-state index contributed by atoms with van der Waals surface area (Å²) < 4.78 is 21.6. The summed E-state index contributed by atoms with van der Waals surface area (Å²) in [6.07, 6.45) is 2.59. The summed E-state index contributed by atoms with van der Waals surface area (Å²) in [4.78, 5) is 36.0. The summed E-state index contributed by atoms with van der Waals surface area (Å²) in [5, 5.41) is 10.1. The molecule has 0 spiro atoms. The molecule has 3 aromatic rings. The number of nitrogens with one attached hydrogen (secondary N) is 2. The van der Waals surface area contributed by atoms with E-state index in [4.69, 9.17) is 18.7 Å². The van der Waals surface area contributed by atoms with Crippen LogP contribution < -0.4 is 20.3 Å². The third-order valence-electron chi connectivity index (χ3n) is 5.71. The minimum Gasteiger partial charge on any atom is -0.480 e. The SMILES string of the molecule is COc1ncccc1Nc1cc(N(C)C(=O)OC(C)(C)C)c2noc(C(=O)N[C@@H]3CC[C@H]3OC)c2n1. The Morgan fingerprint density at radius 2 is 1.97 bits per heavy atom. The average molecular weight is 499 g/mol. The van der Waals surface area contributed by atoms with Gasteiger partial charge in [-0.15, -0.1) is 0 Å². The van der Waals surface area contributed by atoms with Gasteiger partial charge in [0, 0.05) is 26.4 Å². The molecule has 2 N–H and O–H groups in total. The van der Waals surface area contributed by atoms with Crippen LogP contribution in [0.5, 0.6) is 5.88 Å². The lowest BCUT2D eigenvalue weighted by molar-refractivity contribution is 0.00677. The lowest BCUT2D eigenvalue weighted by atomic mass is 9.89. The molecule has 0 radical (unpaired) electrons. The number of ether oxygens (including phenoxy) is 3. The zero-order valence-corrected chi connectivity index (χ0v) is 21.1. The Balaban J connectivity index is 1.75. The molecular formula is C24H30N6O6. The molecule has 2 amide bonds. The fraction of sp³-hybridized carbons (Fsp3) is 0.458. The Bertz CT molecular complexity index is 1270. The highest BCUT2D eigenvalue weighted by Gasteiger charge is 2.34. The first-order chi connectivity index (χ1) is 17.1. The third kappa shape index (κ3) is 5.18. The van der Waals surface area contributed by atoms with Gasteiger partial charge in [-0.1, -0.05) is 5.16 Å². The van der Waals surface area contributed by atoms with E-state index >= 15 is 0 Å². The van der Waals surface area contributed by atoms with E-state index in [-0.39, 0.29) is 28.9 Å². The number of carbonyl (C=O) groups excluding carboxylic acids is 2. The predicted molar refractivity (Wildman–Crippen MR) is 132 cm³/mol. The van der Waals surface area contributed by atoms with Crippen LogP contribution >= 0.6 is 0 Å². The van der Waals surface area contributed by atoms with Crippen LogP contribution in [0.25, 0.3) is 11.0 Å². The largest absolute Gasteiger partial charge is 0.480 e. The highest BCUT2D eigenvalue weighted by atomic mass is 16.6. The Labute approximate surface area is 208 Å². The zero-order valence-electron chi connectivity index (χ0n) is 21.1. The van der Waals surface area contributed by atoms with Crippen molar-refractivity contribution in [3.05, 3.63) is 30.2 Å². The number of hydrogen-bond donors (Lipinski definition) is 2. The van der Waals surface area contributed by atoms with Gasteiger partial charge in [0.05, 0.1) is 24.9 Å². The van der Waals surface area contributed by atoms with Crippen molar-refractivity contribution in [2.45, 2.75) is 51.4 Å². The molecule has 12 nitrogen and oxygen atoms in total. The monoisotopic (exact) mass is 498 g/mol. The topological polar surface area (TPSA) is 141 Å². The predicted octanol–water partition coefficient (Wildman–Crippen LogP) is 3.65. The van der Waals surface area contributed by atoms with Crippen molar-refractivity contribution in [3.63, 3.8) is 0 Å². The van der Waals surface area contributed by atoms with Crippen molar-refractivity contribution in [2.24, 2.45) is 0 Å². The molecule has 3 heterocycles. The van der Waals surface area contributed by atoms with Crippen molar-refractivity contribution >= 4 is 40.2 Å². The van der Waals surface area contributed by atoms with Crippen molar-refractivity contribution < 1.29 is 28.3 Å². The van der Waals surface area contributed by atoms with Gasteiger partial charge in [-0.05, 0) is 45.7 Å². The third-order valence-corrected chi connectivity index (χ3v) is 5.71. The van der Waals surface area contributed by atoms with Crippen molar-refractivity contribution in [1.82, 2.24) is 20.4 Å². The minimum atomic E-state index is -0.711. The van der Waals surface area contributed by atoms with E-state index in [9.17, 15) is 9.59 Å². The summed E-state index contributed by atoms with van der Waals surface area (Å²) in [5.41, 5.74) is 0.573. The molecule has 36 heavy (non-hydrogen) atoms. The van der Waals surface area contributed by atoms with Gasteiger partial charge in [-0.2, -0.15) is 0 Å². The number of methoxy groups -OCH3 is 2. The lowest BCUT2D eigenvalue weighted by Gasteiger charge is -2.35. The second-order valence-electron chi connectivity index (χ2n) is 9.39. The number of nitrogens with zero attached hydrogens (tertiary/aromatic N) is 4. The Kier molecular flexibility index (Phi) is 6.97. The molecule has 1 saturated carbocycles. The van der Waals surface area contributed by atoms with Gasteiger partial charge in [-0.3, -0.25) is 9.69 Å². The molecule has 0 aliphatic heterocycles. The van der Waals surface area contributed by atoms with E-state index in [1.54, 1.807) is 59.3 Å². The minimum absolute atomic E-state index is 0.0553. The summed E-state index contributed by atoms with van der Waals surface area (Å²) in [6, 6.07) is 4.97. The number of fused-ring (bicyclic) bond motifs is 1. The number of rotatable bonds is 7. The number of pyridine rings is 2. The molecule has 3 aromatic heterocycles. The maximum Gasteiger partial charge on any atom is 0.414 e. The second-order valence-corrected chi connectivity index (χ2v) is 9.39. The van der Waals surface area contributed by atoms with Crippen LogP contribution in [0.1, 0.15) is 44.2 Å². The molecule has 0 aromatic carbocycles. The average Bonchev–Trinajstić information content (AvgIpc) is 3.24. The molecule has 1 aliphatic carbocycles. The van der Waals surface area contributed by atoms with E-state index in [0.717, 1.165) is 12.8 Å². The fourth-order valence-corrected chi connectivity index (χ4v) is 3.74. The molecule has 1 fully saturated rings. The summed E-state index contributed by atoms with van der Waals surface area (Å²) in [7, 11) is 4.66. The number of hydrogen-bond acceptors (Lipinski definition) is 10. The number of carbonyl (C=O) groups is 2. The molecule has 0 bridgehead atoms. The molecule has 0 unspecified atom stereocenters. The van der Waals surface area contributed by atoms with Gasteiger partial charge in [0.15, 0.2) is 5.52 Å². The Morgan fingerprint density at radius 3 is 2.61 bits per heavy atom. The van der Waals surface area contributed by atoms with Crippen LogP contribution in [0.2, 0.25) is 0 Å². The first kappa shape index (κ1) is 25.2. The lowest BCUT2D eigenvalue weighted by Crippen LogP contribution is -2.51. The van der Waals surface area contributed by atoms with Crippen molar-refractivity contribution in [3.8, 4) is 5.88 Å². The Morgan fingerprint density at radius 1 is 1.19 bits per heavy atom. The van der Waals surface area contributed by atoms with Crippen LogP contribution in [-0.2, 0) is 9.47 Å². The summed E-state index contributed by atoms with van der Waals surface area (Å²) in [5.74, 6) is 0.112. The number of aromatic nitrogens is 3. The van der Waals surface area contributed by atoms with Crippen LogP contribution in [0.4, 0.5) is 22.0 Å². The molecule has 2 atom stereocenters. The smallest absolute Gasteiger partial charge is 0.414 e. The van der Waals surface area contributed by atoms with E-state index in [2.05, 4.69) is 25.8 Å². The first-order valence-corrected chi connectivity index (χ1v) is 11.5. The molecule has 12 heteroatoms. The maximum atomic E-state index is 13.1. The van der Waals surface area contributed by atoms with E-state index in [0.29, 0.717) is 23.1 Å². The van der Waals surface area contributed by atoms with Gasteiger partial charge in [-0.25, -0.2) is 14.8 Å². The van der Waals surface area contributed by atoms with Crippen LogP contribution in [0, 0.1) is 0 Å². The van der Waals surface area contributed by atoms with E-state index in [1.165, 1.54) is 12.0 Å². The van der Waals surface area contributed by atoms with Gasteiger partial charge in [0.1, 0.15) is 22.6 Å². The van der Waals surface area contributed by atoms with Crippen molar-refractivity contribution in [2.75, 3.05) is 31.5 Å². The summed E-state index contributed by atoms with van der Waals surface area (Å²) >= 11 is 0. The maximum absolute atomic E-state index is 13.1. The number of anilines is 3. The molecular weight excluding hydrogens is 468 g/mol. The summed E-state index contributed by atoms with van der Waals surface area (Å²) in [6.45, 7) is 5.32. The highest BCUT2D eigenvalue weighted by molar-refractivity contribution is 6.07. The highest BCUT2D eigenvalue weighted by Crippen LogP contribution is 2.33. The van der Waals surface area contributed by atoms with E-state index in [1.807, 2.05) is 0 Å². The van der Waals surface area contributed by atoms with Gasteiger partial charge < -0.3 is 29.4 Å². The van der Waals surface area contributed by atoms with Crippen LogP contribution in [0.3, 0.4) is 0 Å². The van der Waals surface area contributed by atoms with Crippen LogP contribution in [-0.4, -0.2) is 66.1 Å². The van der Waals surface area contributed by atoms with Gasteiger partial charge >= 0.3 is 6.09 Å². The second kappa shape index (κ2) is 9.97. The zero-order chi connectivity index (χ0) is 26.0. The van der Waals surface area contributed by atoms with Crippen molar-refractivity contribution in [1.29, 1.82) is 0 Å². The number of amides is 2. The molecule has 4 rings (SSSR count). The van der Waals surface area contributed by atoms with E-state index < -0.39 is 17.6 Å².